The van der Waals surface area contributed by atoms with E-state index in [1.807, 2.05) is 19.1 Å². The van der Waals surface area contributed by atoms with Gasteiger partial charge in [0.25, 0.3) is 0 Å². The molecule has 3 nitrogen and oxygen atoms in total. The van der Waals surface area contributed by atoms with Gasteiger partial charge in [-0.15, -0.1) is 0 Å². The van der Waals surface area contributed by atoms with Crippen molar-refractivity contribution in [2.24, 2.45) is 0 Å². The van der Waals surface area contributed by atoms with Crippen LogP contribution < -0.4 is 11.1 Å². The van der Waals surface area contributed by atoms with Gasteiger partial charge < -0.3 is 11.1 Å². The standard InChI is InChI=1S/C11H17N3/c1-8-5-10(12)6-11(14-8)9-3-2-4-13-7-9/h5-6,9,13H,2-4,7H2,1H3,(H2,12,14). The molecule has 0 spiro atoms. The molecule has 1 unspecified atom stereocenters. The van der Waals surface area contributed by atoms with Gasteiger partial charge in [0.05, 0.1) is 0 Å². The third-order valence-corrected chi connectivity index (χ3v) is 2.71. The number of nitrogens with zero attached hydrogens (tertiary/aromatic N) is 1. The SMILES string of the molecule is Cc1cc(N)cc(C2CCCNC2)n1. The lowest BCUT2D eigenvalue weighted by Gasteiger charge is -2.22. The number of nitrogens with two attached hydrogens (primary N) is 1. The highest BCUT2D eigenvalue weighted by atomic mass is 14.9. The zero-order valence-electron chi connectivity index (χ0n) is 8.59. The molecule has 2 rings (SSSR count). The van der Waals surface area contributed by atoms with E-state index in [1.165, 1.54) is 12.8 Å². The fraction of sp³-hybridized carbons (Fsp3) is 0.545. The normalized spacial score (nSPS) is 22.2. The second-order valence-electron chi connectivity index (χ2n) is 4.01. The summed E-state index contributed by atoms with van der Waals surface area (Å²) in [5.41, 5.74) is 8.80. The Morgan fingerprint density at radius 1 is 1.50 bits per heavy atom. The summed E-state index contributed by atoms with van der Waals surface area (Å²) in [5.74, 6) is 0.547. The van der Waals surface area contributed by atoms with Gasteiger partial charge in [0.1, 0.15) is 0 Å². The van der Waals surface area contributed by atoms with Crippen LogP contribution in [0.25, 0.3) is 0 Å². The van der Waals surface area contributed by atoms with E-state index >= 15 is 0 Å². The van der Waals surface area contributed by atoms with Crippen LogP contribution in [0, 0.1) is 6.92 Å². The van der Waals surface area contributed by atoms with Gasteiger partial charge >= 0.3 is 0 Å². The molecule has 0 saturated carbocycles. The first-order valence-electron chi connectivity index (χ1n) is 5.20. The van der Waals surface area contributed by atoms with Crippen LogP contribution in [0.15, 0.2) is 12.1 Å². The van der Waals surface area contributed by atoms with Crippen molar-refractivity contribution in [2.45, 2.75) is 25.7 Å². The lowest BCUT2D eigenvalue weighted by molar-refractivity contribution is 0.454. The first kappa shape index (κ1) is 9.46. The highest BCUT2D eigenvalue weighted by molar-refractivity contribution is 5.41. The monoisotopic (exact) mass is 191 g/mol. The summed E-state index contributed by atoms with van der Waals surface area (Å²) in [6.07, 6.45) is 2.46. The number of anilines is 1. The molecule has 3 N–H and O–H groups in total. The van der Waals surface area contributed by atoms with Crippen molar-refractivity contribution in [3.8, 4) is 0 Å². The molecule has 1 atom stereocenters. The van der Waals surface area contributed by atoms with Crippen molar-refractivity contribution in [1.82, 2.24) is 10.3 Å². The molecule has 1 saturated heterocycles. The van der Waals surface area contributed by atoms with Crippen molar-refractivity contribution < 1.29 is 0 Å². The largest absolute Gasteiger partial charge is 0.399 e. The van der Waals surface area contributed by atoms with Crippen molar-refractivity contribution in [3.63, 3.8) is 0 Å². The molecule has 2 heterocycles. The van der Waals surface area contributed by atoms with Crippen molar-refractivity contribution in [2.75, 3.05) is 18.8 Å². The molecule has 0 bridgehead atoms. The topological polar surface area (TPSA) is 50.9 Å². The minimum atomic E-state index is 0.547. The van der Waals surface area contributed by atoms with E-state index in [0.29, 0.717) is 5.92 Å². The summed E-state index contributed by atoms with van der Waals surface area (Å²) in [6, 6.07) is 3.92. The van der Waals surface area contributed by atoms with Crippen LogP contribution in [0.4, 0.5) is 5.69 Å². The van der Waals surface area contributed by atoms with Crippen LogP contribution in [0.1, 0.15) is 30.1 Å². The van der Waals surface area contributed by atoms with Crippen molar-refractivity contribution in [3.05, 3.63) is 23.5 Å². The van der Waals surface area contributed by atoms with E-state index in [4.69, 9.17) is 5.73 Å². The van der Waals surface area contributed by atoms with Gasteiger partial charge in [-0.1, -0.05) is 0 Å². The molecule has 3 heteroatoms. The highest BCUT2D eigenvalue weighted by Crippen LogP contribution is 2.23. The quantitative estimate of drug-likeness (QED) is 0.706. The predicted octanol–water partition coefficient (Wildman–Crippen LogP) is 1.44. The smallest absolute Gasteiger partial charge is 0.0470 e. The second kappa shape index (κ2) is 3.96. The predicted molar refractivity (Wildman–Crippen MR) is 58.2 cm³/mol. The van der Waals surface area contributed by atoms with Gasteiger partial charge in [-0.3, -0.25) is 4.98 Å². The van der Waals surface area contributed by atoms with E-state index in [9.17, 15) is 0 Å². The number of aryl methyl sites for hydroxylation is 1. The fourth-order valence-electron chi connectivity index (χ4n) is 2.04. The second-order valence-corrected chi connectivity index (χ2v) is 4.01. The van der Waals surface area contributed by atoms with E-state index in [0.717, 1.165) is 30.2 Å². The summed E-state index contributed by atoms with van der Waals surface area (Å²) in [4.78, 5) is 4.54. The Morgan fingerprint density at radius 2 is 2.36 bits per heavy atom. The molecular formula is C11H17N3. The van der Waals surface area contributed by atoms with Crippen LogP contribution in [0.2, 0.25) is 0 Å². The summed E-state index contributed by atoms with van der Waals surface area (Å²) in [6.45, 7) is 4.17. The maximum atomic E-state index is 5.81. The highest BCUT2D eigenvalue weighted by Gasteiger charge is 2.16. The Hall–Kier alpha value is -1.09. The van der Waals surface area contributed by atoms with Crippen LogP contribution >= 0.6 is 0 Å². The molecule has 1 aliphatic heterocycles. The molecule has 0 aromatic carbocycles. The third kappa shape index (κ3) is 2.04. The number of pyridine rings is 1. The summed E-state index contributed by atoms with van der Waals surface area (Å²) in [7, 11) is 0. The van der Waals surface area contributed by atoms with E-state index < -0.39 is 0 Å². The van der Waals surface area contributed by atoms with Crippen LogP contribution in [0.3, 0.4) is 0 Å². The van der Waals surface area contributed by atoms with Crippen LogP contribution in [0.5, 0.6) is 0 Å². The van der Waals surface area contributed by atoms with Gasteiger partial charge in [-0.2, -0.15) is 0 Å². The Morgan fingerprint density at radius 3 is 3.00 bits per heavy atom. The number of piperidine rings is 1. The molecule has 76 valence electrons. The molecule has 1 fully saturated rings. The third-order valence-electron chi connectivity index (χ3n) is 2.71. The van der Waals surface area contributed by atoms with Gasteiger partial charge in [0.2, 0.25) is 0 Å². The first-order valence-corrected chi connectivity index (χ1v) is 5.20. The maximum Gasteiger partial charge on any atom is 0.0470 e. The summed E-state index contributed by atoms with van der Waals surface area (Å²) < 4.78 is 0. The molecule has 1 aromatic heterocycles. The first-order chi connectivity index (χ1) is 6.75. The molecule has 0 amide bonds. The van der Waals surface area contributed by atoms with Crippen LogP contribution in [-0.4, -0.2) is 18.1 Å². The molecular weight excluding hydrogens is 174 g/mol. The lowest BCUT2D eigenvalue weighted by Crippen LogP contribution is -2.28. The minimum Gasteiger partial charge on any atom is -0.399 e. The number of nitrogens with one attached hydrogen (secondary N) is 1. The maximum absolute atomic E-state index is 5.81. The Balaban J connectivity index is 2.21. The zero-order chi connectivity index (χ0) is 9.97. The van der Waals surface area contributed by atoms with E-state index in [1.54, 1.807) is 0 Å². The molecule has 14 heavy (non-hydrogen) atoms. The minimum absolute atomic E-state index is 0.547. The zero-order valence-corrected chi connectivity index (χ0v) is 8.59. The average Bonchev–Trinajstić information content (AvgIpc) is 2.18. The van der Waals surface area contributed by atoms with Crippen molar-refractivity contribution in [1.29, 1.82) is 0 Å². The lowest BCUT2D eigenvalue weighted by atomic mass is 9.95. The molecule has 0 aliphatic carbocycles. The molecule has 1 aromatic rings. The fourth-order valence-corrected chi connectivity index (χ4v) is 2.04. The number of rotatable bonds is 1. The average molecular weight is 191 g/mol. The number of hydrogen-bond donors (Lipinski definition) is 2. The van der Waals surface area contributed by atoms with E-state index in [-0.39, 0.29) is 0 Å². The summed E-state index contributed by atoms with van der Waals surface area (Å²) >= 11 is 0. The van der Waals surface area contributed by atoms with Gasteiger partial charge in [-0.25, -0.2) is 0 Å². The molecule has 0 radical (unpaired) electrons. The Labute approximate surface area is 84.7 Å². The Bertz CT molecular complexity index is 296. The van der Waals surface area contributed by atoms with Gasteiger partial charge in [0, 0.05) is 29.5 Å². The van der Waals surface area contributed by atoms with Gasteiger partial charge in [0.15, 0.2) is 0 Å². The Kier molecular flexibility index (Phi) is 2.68. The van der Waals surface area contributed by atoms with Gasteiger partial charge in [-0.05, 0) is 38.4 Å². The summed E-state index contributed by atoms with van der Waals surface area (Å²) in [5, 5.41) is 3.39. The number of aromatic nitrogens is 1. The number of nitrogen functional groups attached to an aromatic ring is 1. The molecule has 1 aliphatic rings. The van der Waals surface area contributed by atoms with Crippen LogP contribution in [-0.2, 0) is 0 Å². The van der Waals surface area contributed by atoms with E-state index in [2.05, 4.69) is 10.3 Å². The van der Waals surface area contributed by atoms with Crippen molar-refractivity contribution >= 4 is 5.69 Å². The number of hydrogen-bond acceptors (Lipinski definition) is 3.